The van der Waals surface area contributed by atoms with Gasteiger partial charge in [-0.3, -0.25) is 19.4 Å². The molecule has 10 heteroatoms. The SMILES string of the molecule is CCCNC(=O)CN1CCN(CC(=O)Nc2ccc(OC(F)F)c(Cl)c2)CC1. The minimum atomic E-state index is -2.96. The highest BCUT2D eigenvalue weighted by Gasteiger charge is 2.20. The summed E-state index contributed by atoms with van der Waals surface area (Å²) in [5, 5.41) is 5.53. The monoisotopic (exact) mass is 418 g/mol. The van der Waals surface area contributed by atoms with E-state index in [1.807, 2.05) is 11.8 Å². The molecule has 0 spiro atoms. The van der Waals surface area contributed by atoms with Crippen molar-refractivity contribution in [1.82, 2.24) is 15.1 Å². The smallest absolute Gasteiger partial charge is 0.387 e. The van der Waals surface area contributed by atoms with Gasteiger partial charge in [-0.2, -0.15) is 8.78 Å². The molecule has 2 N–H and O–H groups in total. The van der Waals surface area contributed by atoms with Crippen LogP contribution in [0.25, 0.3) is 0 Å². The van der Waals surface area contributed by atoms with Crippen LogP contribution in [0.15, 0.2) is 18.2 Å². The number of nitrogens with zero attached hydrogens (tertiary/aromatic N) is 2. The molecule has 1 aromatic rings. The lowest BCUT2D eigenvalue weighted by atomic mass is 10.2. The molecule has 0 bridgehead atoms. The molecule has 28 heavy (non-hydrogen) atoms. The van der Waals surface area contributed by atoms with Crippen LogP contribution in [0.2, 0.25) is 5.02 Å². The number of alkyl halides is 2. The Morgan fingerprint density at radius 1 is 1.14 bits per heavy atom. The number of benzene rings is 1. The first kappa shape index (κ1) is 22.3. The van der Waals surface area contributed by atoms with Crippen molar-refractivity contribution in [2.24, 2.45) is 0 Å². The molecule has 0 saturated carbocycles. The fourth-order valence-electron chi connectivity index (χ4n) is 2.80. The highest BCUT2D eigenvalue weighted by molar-refractivity contribution is 6.32. The Morgan fingerprint density at radius 2 is 1.75 bits per heavy atom. The zero-order valence-electron chi connectivity index (χ0n) is 15.7. The molecule has 1 aliphatic heterocycles. The van der Waals surface area contributed by atoms with Crippen molar-refractivity contribution in [3.05, 3.63) is 23.2 Å². The average molecular weight is 419 g/mol. The van der Waals surface area contributed by atoms with E-state index < -0.39 is 6.61 Å². The Bertz CT molecular complexity index is 670. The average Bonchev–Trinajstić information content (AvgIpc) is 2.63. The lowest BCUT2D eigenvalue weighted by Crippen LogP contribution is -2.51. The third-order valence-electron chi connectivity index (χ3n) is 4.20. The van der Waals surface area contributed by atoms with E-state index in [4.69, 9.17) is 11.6 Å². The van der Waals surface area contributed by atoms with Crippen LogP contribution in [0, 0.1) is 0 Å². The number of ether oxygens (including phenoxy) is 1. The Kier molecular flexibility index (Phi) is 8.88. The summed E-state index contributed by atoms with van der Waals surface area (Å²) in [4.78, 5) is 28.0. The largest absolute Gasteiger partial charge is 0.433 e. The second-order valence-electron chi connectivity index (χ2n) is 6.47. The van der Waals surface area contributed by atoms with Gasteiger partial charge in [-0.25, -0.2) is 0 Å². The molecule has 1 saturated heterocycles. The molecule has 0 aliphatic carbocycles. The fraction of sp³-hybridized carbons (Fsp3) is 0.556. The summed E-state index contributed by atoms with van der Waals surface area (Å²) in [6.45, 7) is 3.05. The predicted molar refractivity (Wildman–Crippen MR) is 103 cm³/mol. The topological polar surface area (TPSA) is 73.9 Å². The van der Waals surface area contributed by atoms with Crippen molar-refractivity contribution in [3.63, 3.8) is 0 Å². The number of amides is 2. The van der Waals surface area contributed by atoms with Crippen LogP contribution in [0.5, 0.6) is 5.75 Å². The van der Waals surface area contributed by atoms with Crippen LogP contribution in [0.4, 0.5) is 14.5 Å². The number of nitrogens with one attached hydrogen (secondary N) is 2. The predicted octanol–water partition coefficient (Wildman–Crippen LogP) is 2.02. The fourth-order valence-corrected chi connectivity index (χ4v) is 3.03. The van der Waals surface area contributed by atoms with E-state index in [0.29, 0.717) is 45.0 Å². The summed E-state index contributed by atoms with van der Waals surface area (Å²) in [5.41, 5.74) is 0.405. The number of piperazine rings is 1. The minimum absolute atomic E-state index is 0.00642. The first-order valence-corrected chi connectivity index (χ1v) is 9.50. The normalized spacial score (nSPS) is 15.5. The van der Waals surface area contributed by atoms with Crippen molar-refractivity contribution in [3.8, 4) is 5.75 Å². The van der Waals surface area contributed by atoms with Gasteiger partial charge in [-0.1, -0.05) is 18.5 Å². The van der Waals surface area contributed by atoms with Gasteiger partial charge in [0, 0.05) is 38.4 Å². The maximum absolute atomic E-state index is 12.2. The van der Waals surface area contributed by atoms with Gasteiger partial charge in [0.25, 0.3) is 0 Å². The van der Waals surface area contributed by atoms with Gasteiger partial charge in [0.15, 0.2) is 0 Å². The molecule has 1 aliphatic rings. The van der Waals surface area contributed by atoms with E-state index in [1.54, 1.807) is 0 Å². The molecule has 0 unspecified atom stereocenters. The van der Waals surface area contributed by atoms with Crippen molar-refractivity contribution >= 4 is 29.1 Å². The van der Waals surface area contributed by atoms with Crippen molar-refractivity contribution < 1.29 is 23.1 Å². The molecule has 0 atom stereocenters. The summed E-state index contributed by atoms with van der Waals surface area (Å²) < 4.78 is 28.8. The van der Waals surface area contributed by atoms with Gasteiger partial charge in [-0.05, 0) is 24.6 Å². The number of carbonyl (C=O) groups excluding carboxylic acids is 2. The molecular weight excluding hydrogens is 394 g/mol. The van der Waals surface area contributed by atoms with Crippen LogP contribution in [-0.2, 0) is 9.59 Å². The molecule has 1 fully saturated rings. The number of carbonyl (C=O) groups is 2. The first-order valence-electron chi connectivity index (χ1n) is 9.13. The second-order valence-corrected chi connectivity index (χ2v) is 6.88. The number of halogens is 3. The van der Waals surface area contributed by atoms with Gasteiger partial charge >= 0.3 is 6.61 Å². The summed E-state index contributed by atoms with van der Waals surface area (Å²) in [5.74, 6) is -0.356. The number of hydrogen-bond acceptors (Lipinski definition) is 5. The van der Waals surface area contributed by atoms with Crippen LogP contribution in [0.3, 0.4) is 0 Å². The maximum atomic E-state index is 12.2. The van der Waals surface area contributed by atoms with Crippen molar-refractivity contribution in [1.29, 1.82) is 0 Å². The molecule has 156 valence electrons. The highest BCUT2D eigenvalue weighted by Crippen LogP contribution is 2.28. The van der Waals surface area contributed by atoms with Crippen LogP contribution in [0.1, 0.15) is 13.3 Å². The third kappa shape index (κ3) is 7.57. The van der Waals surface area contributed by atoms with Crippen molar-refractivity contribution in [2.45, 2.75) is 20.0 Å². The molecule has 0 radical (unpaired) electrons. The van der Waals surface area contributed by atoms with Crippen molar-refractivity contribution in [2.75, 3.05) is 51.1 Å². The molecule has 1 aromatic carbocycles. The van der Waals surface area contributed by atoms with Gasteiger partial charge in [-0.15, -0.1) is 0 Å². The third-order valence-corrected chi connectivity index (χ3v) is 4.50. The summed E-state index contributed by atoms with van der Waals surface area (Å²) in [6, 6.07) is 4.10. The van der Waals surface area contributed by atoms with E-state index in [2.05, 4.69) is 20.3 Å². The molecule has 2 amide bonds. The zero-order chi connectivity index (χ0) is 20.5. The summed E-state index contributed by atoms with van der Waals surface area (Å²) in [6.07, 6.45) is 0.905. The van der Waals surface area contributed by atoms with Gasteiger partial charge in [0.1, 0.15) is 5.75 Å². The molecule has 7 nitrogen and oxygen atoms in total. The van der Waals surface area contributed by atoms with E-state index >= 15 is 0 Å². The lowest BCUT2D eigenvalue weighted by molar-refractivity contribution is -0.123. The lowest BCUT2D eigenvalue weighted by Gasteiger charge is -2.33. The van der Waals surface area contributed by atoms with Gasteiger partial charge in [0.05, 0.1) is 18.1 Å². The van der Waals surface area contributed by atoms with Crippen LogP contribution >= 0.6 is 11.6 Å². The molecule has 2 rings (SSSR count). The molecule has 1 heterocycles. The van der Waals surface area contributed by atoms with Crippen LogP contribution in [-0.4, -0.2) is 74.0 Å². The quantitative estimate of drug-likeness (QED) is 0.642. The standard InChI is InChI=1S/C18H25ClF2N4O3/c1-2-5-22-16(26)11-24-6-8-25(9-7-24)12-17(27)23-13-3-4-15(14(19)10-13)28-18(20)21/h3-4,10,18H,2,5-9,11-12H2,1H3,(H,22,26)(H,23,27). The number of rotatable bonds is 9. The van der Waals surface area contributed by atoms with E-state index in [1.165, 1.54) is 18.2 Å². The Labute approximate surface area is 167 Å². The Morgan fingerprint density at radius 3 is 2.29 bits per heavy atom. The Balaban J connectivity index is 1.74. The molecule has 0 aromatic heterocycles. The molecular formula is C18H25ClF2N4O3. The van der Waals surface area contributed by atoms with E-state index in [-0.39, 0.29) is 29.1 Å². The van der Waals surface area contributed by atoms with Gasteiger partial charge in [0.2, 0.25) is 11.8 Å². The van der Waals surface area contributed by atoms with Crippen LogP contribution < -0.4 is 15.4 Å². The van der Waals surface area contributed by atoms with E-state index in [9.17, 15) is 18.4 Å². The minimum Gasteiger partial charge on any atom is -0.433 e. The summed E-state index contributed by atoms with van der Waals surface area (Å²) in [7, 11) is 0. The maximum Gasteiger partial charge on any atom is 0.387 e. The number of hydrogen-bond donors (Lipinski definition) is 2. The summed E-state index contributed by atoms with van der Waals surface area (Å²) >= 11 is 5.88. The first-order chi connectivity index (χ1) is 13.4. The zero-order valence-corrected chi connectivity index (χ0v) is 16.5. The Hall–Kier alpha value is -1.97. The highest BCUT2D eigenvalue weighted by atomic mass is 35.5. The number of anilines is 1. The van der Waals surface area contributed by atoms with Gasteiger partial charge < -0.3 is 15.4 Å². The van der Waals surface area contributed by atoms with E-state index in [0.717, 1.165) is 6.42 Å². The second kappa shape index (κ2) is 11.1.